The molecule has 0 N–H and O–H groups in total. The maximum atomic E-state index is 11.9. The van der Waals surface area contributed by atoms with Crippen molar-refractivity contribution in [1.82, 2.24) is 14.4 Å². The van der Waals surface area contributed by atoms with Gasteiger partial charge in [-0.2, -0.15) is 0 Å². The molecule has 2 aromatic rings. The van der Waals surface area contributed by atoms with Crippen LogP contribution < -0.4 is 4.74 Å². The van der Waals surface area contributed by atoms with E-state index in [1.807, 2.05) is 17.9 Å². The van der Waals surface area contributed by atoms with Crippen molar-refractivity contribution in [2.45, 2.75) is 44.6 Å². The number of ether oxygens (including phenoxy) is 2. The summed E-state index contributed by atoms with van der Waals surface area (Å²) in [5.74, 6) is 1.53. The number of aromatic nitrogens is 1. The van der Waals surface area contributed by atoms with Crippen LogP contribution in [0, 0.1) is 0 Å². The third kappa shape index (κ3) is 4.08. The van der Waals surface area contributed by atoms with Crippen LogP contribution in [0.1, 0.15) is 44.1 Å². The molecule has 0 aliphatic carbocycles. The lowest BCUT2D eigenvalue weighted by Crippen LogP contribution is -2.48. The molecule has 2 aliphatic rings. The van der Waals surface area contributed by atoms with Crippen molar-refractivity contribution in [3.8, 4) is 5.75 Å². The summed E-state index contributed by atoms with van der Waals surface area (Å²) in [5, 5.41) is 1.33. The Morgan fingerprint density at radius 3 is 2.48 bits per heavy atom. The van der Waals surface area contributed by atoms with Crippen LogP contribution >= 0.6 is 0 Å². The van der Waals surface area contributed by atoms with Crippen LogP contribution in [0.25, 0.3) is 10.9 Å². The fourth-order valence-corrected chi connectivity index (χ4v) is 5.06. The fourth-order valence-electron chi connectivity index (χ4n) is 5.06. The molecule has 2 aliphatic heterocycles. The van der Waals surface area contributed by atoms with Crippen LogP contribution in [-0.2, 0) is 11.8 Å². The van der Waals surface area contributed by atoms with E-state index in [2.05, 4.69) is 34.8 Å². The highest BCUT2D eigenvalue weighted by molar-refractivity contribution is 5.86. The molecule has 2 saturated heterocycles. The zero-order chi connectivity index (χ0) is 20.4. The number of piperidine rings is 2. The number of hydrogen-bond acceptors (Lipinski definition) is 4. The number of methoxy groups -OCH3 is 1. The SMILES string of the molecule is CCOC(=O)N1CCC(N2CCC(c3cn(C)c4ccc(OC)cc34)CC2)CC1. The highest BCUT2D eigenvalue weighted by Gasteiger charge is 2.31. The Kier molecular flexibility index (Phi) is 5.99. The number of carbonyl (C=O) groups excluding carboxylic acids is 1. The van der Waals surface area contributed by atoms with Gasteiger partial charge in [0, 0.05) is 43.3 Å². The van der Waals surface area contributed by atoms with Crippen molar-refractivity contribution >= 4 is 17.0 Å². The Bertz CT molecular complexity index is 846. The number of aryl methyl sites for hydroxylation is 1. The van der Waals surface area contributed by atoms with Gasteiger partial charge in [-0.05, 0) is 75.4 Å². The van der Waals surface area contributed by atoms with E-state index in [9.17, 15) is 4.79 Å². The van der Waals surface area contributed by atoms with Gasteiger partial charge in [-0.25, -0.2) is 4.79 Å². The van der Waals surface area contributed by atoms with E-state index >= 15 is 0 Å². The fraction of sp³-hybridized carbons (Fsp3) is 0.609. The van der Waals surface area contributed by atoms with Crippen LogP contribution in [0.5, 0.6) is 5.75 Å². The summed E-state index contributed by atoms with van der Waals surface area (Å²) in [4.78, 5) is 16.4. The number of carbonyl (C=O) groups is 1. The van der Waals surface area contributed by atoms with Gasteiger partial charge in [0.05, 0.1) is 13.7 Å². The number of benzene rings is 1. The lowest BCUT2D eigenvalue weighted by Gasteiger charge is -2.41. The molecular formula is C23H33N3O3. The van der Waals surface area contributed by atoms with E-state index in [-0.39, 0.29) is 6.09 Å². The molecule has 1 amide bonds. The standard InChI is InChI=1S/C23H33N3O3/c1-4-29-23(27)26-13-9-18(10-14-26)25-11-7-17(8-12-25)21-16-24(2)22-6-5-19(28-3)15-20(21)22/h5-6,15-18H,4,7-14H2,1-3H3. The summed E-state index contributed by atoms with van der Waals surface area (Å²) in [6.07, 6.45) is 6.63. The van der Waals surface area contributed by atoms with Crippen LogP contribution in [-0.4, -0.2) is 66.4 Å². The third-order valence-electron chi connectivity index (χ3n) is 6.70. The molecule has 1 aromatic heterocycles. The first-order valence-corrected chi connectivity index (χ1v) is 10.9. The Hall–Kier alpha value is -2.21. The lowest BCUT2D eigenvalue weighted by atomic mass is 9.87. The summed E-state index contributed by atoms with van der Waals surface area (Å²) in [6.45, 7) is 6.20. The molecule has 0 unspecified atom stereocenters. The van der Waals surface area contributed by atoms with Gasteiger partial charge in [-0.15, -0.1) is 0 Å². The first-order chi connectivity index (χ1) is 14.1. The monoisotopic (exact) mass is 399 g/mol. The average Bonchev–Trinajstić information content (AvgIpc) is 3.10. The van der Waals surface area contributed by atoms with E-state index in [4.69, 9.17) is 9.47 Å². The molecule has 2 fully saturated rings. The first-order valence-electron chi connectivity index (χ1n) is 10.9. The second kappa shape index (κ2) is 8.66. The molecule has 6 heteroatoms. The van der Waals surface area contributed by atoms with Gasteiger partial charge in [-0.3, -0.25) is 0 Å². The van der Waals surface area contributed by atoms with Gasteiger partial charge in [-0.1, -0.05) is 0 Å². The van der Waals surface area contributed by atoms with Crippen LogP contribution in [0.3, 0.4) is 0 Å². The number of nitrogens with zero attached hydrogens (tertiary/aromatic N) is 3. The second-order valence-corrected chi connectivity index (χ2v) is 8.31. The van der Waals surface area contributed by atoms with E-state index < -0.39 is 0 Å². The van der Waals surface area contributed by atoms with Gasteiger partial charge >= 0.3 is 6.09 Å². The zero-order valence-corrected chi connectivity index (χ0v) is 17.9. The summed E-state index contributed by atoms with van der Waals surface area (Å²) in [5.41, 5.74) is 2.73. The molecule has 4 rings (SSSR count). The highest BCUT2D eigenvalue weighted by atomic mass is 16.6. The molecule has 6 nitrogen and oxygen atoms in total. The minimum absolute atomic E-state index is 0.156. The molecule has 0 atom stereocenters. The predicted octanol–water partition coefficient (Wildman–Crippen LogP) is 3.99. The van der Waals surface area contributed by atoms with Crippen molar-refractivity contribution in [3.63, 3.8) is 0 Å². The van der Waals surface area contributed by atoms with E-state index in [0.717, 1.165) is 44.8 Å². The van der Waals surface area contributed by atoms with Crippen LogP contribution in [0.4, 0.5) is 4.79 Å². The second-order valence-electron chi connectivity index (χ2n) is 8.31. The van der Waals surface area contributed by atoms with Gasteiger partial charge in [0.25, 0.3) is 0 Å². The molecule has 0 spiro atoms. The minimum Gasteiger partial charge on any atom is -0.497 e. The Balaban J connectivity index is 1.37. The number of hydrogen-bond donors (Lipinski definition) is 0. The summed E-state index contributed by atoms with van der Waals surface area (Å²) in [7, 11) is 3.86. The lowest BCUT2D eigenvalue weighted by molar-refractivity contribution is 0.0663. The van der Waals surface area contributed by atoms with E-state index in [1.165, 1.54) is 29.3 Å². The number of amides is 1. The van der Waals surface area contributed by atoms with Crippen LogP contribution in [0.15, 0.2) is 24.4 Å². The van der Waals surface area contributed by atoms with Crippen molar-refractivity contribution < 1.29 is 14.3 Å². The summed E-state index contributed by atoms with van der Waals surface area (Å²) >= 11 is 0. The van der Waals surface area contributed by atoms with Gasteiger partial charge < -0.3 is 23.8 Å². The van der Waals surface area contributed by atoms with Crippen molar-refractivity contribution in [2.24, 2.45) is 7.05 Å². The largest absolute Gasteiger partial charge is 0.497 e. The third-order valence-corrected chi connectivity index (χ3v) is 6.70. The Morgan fingerprint density at radius 1 is 1.10 bits per heavy atom. The maximum Gasteiger partial charge on any atom is 0.409 e. The molecular weight excluding hydrogens is 366 g/mol. The number of fused-ring (bicyclic) bond motifs is 1. The van der Waals surface area contributed by atoms with Crippen molar-refractivity contribution in [2.75, 3.05) is 39.9 Å². The minimum atomic E-state index is -0.156. The quantitative estimate of drug-likeness (QED) is 0.780. The molecule has 0 saturated carbocycles. The van der Waals surface area contributed by atoms with Crippen molar-refractivity contribution in [3.05, 3.63) is 30.0 Å². The normalized spacial score (nSPS) is 19.6. The first kappa shape index (κ1) is 20.1. The molecule has 29 heavy (non-hydrogen) atoms. The molecule has 0 bridgehead atoms. The predicted molar refractivity (Wildman–Crippen MR) is 115 cm³/mol. The summed E-state index contributed by atoms with van der Waals surface area (Å²) < 4.78 is 12.8. The van der Waals surface area contributed by atoms with Crippen molar-refractivity contribution in [1.29, 1.82) is 0 Å². The number of likely N-dealkylation sites (tertiary alicyclic amines) is 2. The topological polar surface area (TPSA) is 46.9 Å². The zero-order valence-electron chi connectivity index (χ0n) is 17.9. The van der Waals surface area contributed by atoms with Gasteiger partial charge in [0.15, 0.2) is 0 Å². The van der Waals surface area contributed by atoms with Gasteiger partial charge in [0.2, 0.25) is 0 Å². The molecule has 158 valence electrons. The Morgan fingerprint density at radius 2 is 1.83 bits per heavy atom. The average molecular weight is 400 g/mol. The van der Waals surface area contributed by atoms with Crippen LogP contribution in [0.2, 0.25) is 0 Å². The molecule has 1 aromatic carbocycles. The van der Waals surface area contributed by atoms with E-state index in [0.29, 0.717) is 18.6 Å². The molecule has 3 heterocycles. The smallest absolute Gasteiger partial charge is 0.409 e. The highest BCUT2D eigenvalue weighted by Crippen LogP contribution is 2.36. The maximum absolute atomic E-state index is 11.9. The molecule has 0 radical (unpaired) electrons. The summed E-state index contributed by atoms with van der Waals surface area (Å²) in [6, 6.07) is 6.97. The van der Waals surface area contributed by atoms with E-state index in [1.54, 1.807) is 7.11 Å². The van der Waals surface area contributed by atoms with Gasteiger partial charge in [0.1, 0.15) is 5.75 Å². The Labute approximate surface area is 173 Å². The number of rotatable bonds is 4.